The minimum absolute atomic E-state index is 0.314. The van der Waals surface area contributed by atoms with Crippen molar-refractivity contribution in [2.24, 2.45) is 5.11 Å². The molecule has 2 N–H and O–H groups in total. The predicted octanol–water partition coefficient (Wildman–Crippen LogP) is 0.382. The fourth-order valence-electron chi connectivity index (χ4n) is 0.583. The van der Waals surface area contributed by atoms with Crippen molar-refractivity contribution in [3.8, 4) is 0 Å². The molecule has 0 amide bonds. The summed E-state index contributed by atoms with van der Waals surface area (Å²) in [5.74, 6) is 0.463. The summed E-state index contributed by atoms with van der Waals surface area (Å²) in [7, 11) is 0. The Labute approximate surface area is 69.0 Å². The van der Waals surface area contributed by atoms with Gasteiger partial charge in [-0.25, -0.2) is 0 Å². The summed E-state index contributed by atoms with van der Waals surface area (Å²) in [5, 5.41) is 21.0. The van der Waals surface area contributed by atoms with Crippen molar-refractivity contribution in [2.75, 3.05) is 18.6 Å². The highest BCUT2D eigenvalue weighted by Crippen LogP contribution is 2.04. The Morgan fingerprint density at radius 2 is 2.36 bits per heavy atom. The number of hydrogen-bond donors (Lipinski definition) is 2. The van der Waals surface area contributed by atoms with E-state index in [-0.39, 0.29) is 6.61 Å². The first-order chi connectivity index (χ1) is 5.26. The molecule has 11 heavy (non-hydrogen) atoms. The van der Waals surface area contributed by atoms with Gasteiger partial charge in [-0.15, -0.1) is 0 Å². The molecule has 6 heteroatoms. The zero-order valence-electron chi connectivity index (χ0n) is 6.21. The van der Waals surface area contributed by atoms with Gasteiger partial charge in [-0.1, -0.05) is 5.11 Å². The van der Waals surface area contributed by atoms with Crippen LogP contribution in [-0.2, 0) is 0 Å². The molecule has 0 fully saturated rings. The van der Waals surface area contributed by atoms with Crippen LogP contribution in [0.25, 0.3) is 10.4 Å². The highest BCUT2D eigenvalue weighted by atomic mass is 32.2. The van der Waals surface area contributed by atoms with Gasteiger partial charge in [-0.2, -0.15) is 11.8 Å². The number of aliphatic hydroxyl groups excluding tert-OH is 2. The van der Waals surface area contributed by atoms with E-state index in [1.807, 2.05) is 6.26 Å². The lowest BCUT2D eigenvalue weighted by molar-refractivity contribution is 0.127. The smallest absolute Gasteiger partial charge is 0.0872 e. The van der Waals surface area contributed by atoms with E-state index in [4.69, 9.17) is 10.6 Å². The van der Waals surface area contributed by atoms with Crippen LogP contribution in [0.5, 0.6) is 0 Å². The molecule has 0 heterocycles. The number of aliphatic hydroxyl groups is 2. The summed E-state index contributed by atoms with van der Waals surface area (Å²) in [6.07, 6.45) is 1.07. The molecule has 0 aromatic rings. The van der Waals surface area contributed by atoms with E-state index in [0.29, 0.717) is 5.75 Å². The third-order valence-electron chi connectivity index (χ3n) is 1.17. The first kappa shape index (κ1) is 10.6. The summed E-state index contributed by atoms with van der Waals surface area (Å²) in [6.45, 7) is -0.314. The van der Waals surface area contributed by atoms with Crippen LogP contribution in [-0.4, -0.2) is 41.0 Å². The lowest BCUT2D eigenvalue weighted by Gasteiger charge is -2.13. The molecule has 0 bridgehead atoms. The molecule has 0 saturated carbocycles. The molecule has 0 aliphatic heterocycles. The Morgan fingerprint density at radius 1 is 1.73 bits per heavy atom. The van der Waals surface area contributed by atoms with Crippen molar-refractivity contribution < 1.29 is 10.2 Å². The Kier molecular flexibility index (Phi) is 6.06. The quantitative estimate of drug-likeness (QED) is 0.361. The molecule has 0 radical (unpaired) electrons. The molecule has 0 aromatic carbocycles. The van der Waals surface area contributed by atoms with Crippen molar-refractivity contribution >= 4 is 11.8 Å². The van der Waals surface area contributed by atoms with Gasteiger partial charge in [-0.3, -0.25) is 0 Å². The minimum atomic E-state index is -0.758. The Balaban J connectivity index is 3.90. The molecule has 0 aromatic heterocycles. The Bertz CT molecular complexity index is 149. The van der Waals surface area contributed by atoms with E-state index < -0.39 is 12.1 Å². The van der Waals surface area contributed by atoms with Crippen molar-refractivity contribution in [2.45, 2.75) is 12.1 Å². The lowest BCUT2D eigenvalue weighted by Crippen LogP contribution is -2.29. The second-order valence-electron chi connectivity index (χ2n) is 1.98. The van der Waals surface area contributed by atoms with Crippen molar-refractivity contribution in [1.82, 2.24) is 0 Å². The average molecular weight is 177 g/mol. The summed E-state index contributed by atoms with van der Waals surface area (Å²) in [6, 6.07) is -0.715. The highest BCUT2D eigenvalue weighted by Gasteiger charge is 2.15. The number of azide groups is 1. The van der Waals surface area contributed by atoms with Gasteiger partial charge in [0.15, 0.2) is 0 Å². The fraction of sp³-hybridized carbons (Fsp3) is 1.00. The number of thioether (sulfide) groups is 1. The van der Waals surface area contributed by atoms with Crippen molar-refractivity contribution in [3.05, 3.63) is 10.4 Å². The predicted molar refractivity (Wildman–Crippen MR) is 44.4 cm³/mol. The number of nitrogens with zero attached hydrogens (tertiary/aromatic N) is 3. The van der Waals surface area contributed by atoms with Gasteiger partial charge in [-0.05, 0) is 11.8 Å². The fourth-order valence-corrected chi connectivity index (χ4v) is 1.15. The van der Waals surface area contributed by atoms with Gasteiger partial charge in [0.25, 0.3) is 0 Å². The topological polar surface area (TPSA) is 89.2 Å². The zero-order chi connectivity index (χ0) is 8.69. The van der Waals surface area contributed by atoms with Gasteiger partial charge in [0, 0.05) is 10.7 Å². The standard InChI is InChI=1S/C5H11N3O2S/c1-11-3-5(10)4(2-9)7-8-6/h4-5,9-10H,2-3H2,1H3/t4-,5+/m0/s1. The summed E-state index contributed by atoms with van der Waals surface area (Å²) in [5.41, 5.74) is 8.01. The normalized spacial score (nSPS) is 15.2. The molecular formula is C5H11N3O2S. The Hall–Kier alpha value is -0.420. The van der Waals surface area contributed by atoms with E-state index >= 15 is 0 Å². The molecule has 0 aliphatic carbocycles. The van der Waals surface area contributed by atoms with Crippen molar-refractivity contribution in [1.29, 1.82) is 0 Å². The molecule has 0 aliphatic rings. The van der Waals surface area contributed by atoms with Crippen molar-refractivity contribution in [3.63, 3.8) is 0 Å². The van der Waals surface area contributed by atoms with Gasteiger partial charge in [0.1, 0.15) is 0 Å². The molecule has 0 spiro atoms. The molecule has 0 unspecified atom stereocenters. The first-order valence-electron chi connectivity index (χ1n) is 3.08. The Morgan fingerprint density at radius 3 is 2.73 bits per heavy atom. The molecular weight excluding hydrogens is 166 g/mol. The minimum Gasteiger partial charge on any atom is -0.396 e. The zero-order valence-corrected chi connectivity index (χ0v) is 7.03. The largest absolute Gasteiger partial charge is 0.396 e. The molecule has 0 rings (SSSR count). The molecule has 2 atom stereocenters. The summed E-state index contributed by atoms with van der Waals surface area (Å²) >= 11 is 1.43. The van der Waals surface area contributed by atoms with Gasteiger partial charge in [0.2, 0.25) is 0 Å². The van der Waals surface area contributed by atoms with E-state index in [1.54, 1.807) is 0 Å². The summed E-state index contributed by atoms with van der Waals surface area (Å²) in [4.78, 5) is 2.51. The maximum Gasteiger partial charge on any atom is 0.0872 e. The van der Waals surface area contributed by atoms with Crippen LogP contribution in [0.3, 0.4) is 0 Å². The number of rotatable bonds is 5. The van der Waals surface area contributed by atoms with Crippen LogP contribution in [0.4, 0.5) is 0 Å². The third-order valence-corrected chi connectivity index (χ3v) is 1.84. The van der Waals surface area contributed by atoms with E-state index in [2.05, 4.69) is 10.0 Å². The van der Waals surface area contributed by atoms with Gasteiger partial charge in [0.05, 0.1) is 18.8 Å². The van der Waals surface area contributed by atoms with Crippen LogP contribution < -0.4 is 0 Å². The molecule has 5 nitrogen and oxygen atoms in total. The summed E-state index contributed by atoms with van der Waals surface area (Å²) < 4.78 is 0. The van der Waals surface area contributed by atoms with E-state index in [9.17, 15) is 5.11 Å². The van der Waals surface area contributed by atoms with Gasteiger partial charge >= 0.3 is 0 Å². The van der Waals surface area contributed by atoms with Crippen LogP contribution in [0.15, 0.2) is 5.11 Å². The second-order valence-corrected chi connectivity index (χ2v) is 2.89. The van der Waals surface area contributed by atoms with E-state index in [0.717, 1.165) is 0 Å². The number of hydrogen-bond acceptors (Lipinski definition) is 4. The van der Waals surface area contributed by atoms with Crippen LogP contribution in [0.1, 0.15) is 0 Å². The third kappa shape index (κ3) is 4.10. The monoisotopic (exact) mass is 177 g/mol. The second kappa shape index (κ2) is 6.30. The van der Waals surface area contributed by atoms with E-state index in [1.165, 1.54) is 11.8 Å². The SMILES string of the molecule is CSC[C@@H](O)[C@H](CO)N=[N+]=[N-]. The highest BCUT2D eigenvalue weighted by molar-refractivity contribution is 7.98. The maximum atomic E-state index is 9.19. The average Bonchev–Trinajstić information content (AvgIpc) is 2.00. The molecule has 64 valence electrons. The van der Waals surface area contributed by atoms with Gasteiger partial charge < -0.3 is 10.2 Å². The first-order valence-corrected chi connectivity index (χ1v) is 4.47. The lowest BCUT2D eigenvalue weighted by atomic mass is 10.2. The van der Waals surface area contributed by atoms with Crippen LogP contribution >= 0.6 is 11.8 Å². The maximum absolute atomic E-state index is 9.19. The molecule has 0 saturated heterocycles. The van der Waals surface area contributed by atoms with Crippen LogP contribution in [0.2, 0.25) is 0 Å². The van der Waals surface area contributed by atoms with Crippen LogP contribution in [0, 0.1) is 0 Å².